The van der Waals surface area contributed by atoms with Gasteiger partial charge in [-0.15, -0.1) is 11.3 Å². The molecule has 1 aromatic carbocycles. The SMILES string of the molecule is O=C(NC1CN2CC[C@H]1C2)c1cnc(-c2ccccc2F)s1. The number of rotatable bonds is 3. The molecule has 0 aliphatic carbocycles. The number of halogens is 1. The lowest BCUT2D eigenvalue weighted by Crippen LogP contribution is -2.42. The minimum atomic E-state index is -0.315. The number of nitrogens with one attached hydrogen (secondary N) is 1. The lowest BCUT2D eigenvalue weighted by atomic mass is 10.00. The van der Waals surface area contributed by atoms with Crippen LogP contribution < -0.4 is 5.32 Å². The third kappa shape index (κ3) is 2.42. The van der Waals surface area contributed by atoms with Crippen molar-refractivity contribution in [2.24, 2.45) is 5.92 Å². The first-order valence-corrected chi connectivity index (χ1v) is 8.26. The number of piperidine rings is 1. The van der Waals surface area contributed by atoms with E-state index in [1.54, 1.807) is 18.2 Å². The average Bonchev–Trinajstić information content (AvgIpc) is 3.24. The van der Waals surface area contributed by atoms with Gasteiger partial charge in [0.1, 0.15) is 15.7 Å². The first-order valence-electron chi connectivity index (χ1n) is 7.44. The third-order valence-corrected chi connectivity index (χ3v) is 5.51. The molecule has 1 amide bonds. The predicted molar refractivity (Wildman–Crippen MR) is 83.3 cm³/mol. The summed E-state index contributed by atoms with van der Waals surface area (Å²) < 4.78 is 13.8. The van der Waals surface area contributed by atoms with Crippen LogP contribution in [0.15, 0.2) is 30.5 Å². The molecule has 6 heteroatoms. The van der Waals surface area contributed by atoms with Crippen LogP contribution in [0.4, 0.5) is 4.39 Å². The van der Waals surface area contributed by atoms with Crippen molar-refractivity contribution in [3.8, 4) is 10.6 Å². The molecule has 2 unspecified atom stereocenters. The minimum absolute atomic E-state index is 0.0983. The van der Waals surface area contributed by atoms with E-state index in [-0.39, 0.29) is 17.8 Å². The van der Waals surface area contributed by atoms with Gasteiger partial charge in [0.15, 0.2) is 0 Å². The zero-order chi connectivity index (χ0) is 15.1. The maximum absolute atomic E-state index is 13.8. The largest absolute Gasteiger partial charge is 0.347 e. The average molecular weight is 317 g/mol. The maximum Gasteiger partial charge on any atom is 0.263 e. The molecule has 1 aromatic heterocycles. The predicted octanol–water partition coefficient (Wildman–Crippen LogP) is 2.38. The Balaban J connectivity index is 1.49. The summed E-state index contributed by atoms with van der Waals surface area (Å²) in [6.45, 7) is 3.18. The second-order valence-corrected chi connectivity index (χ2v) is 6.93. The van der Waals surface area contributed by atoms with Crippen LogP contribution in [0.2, 0.25) is 0 Å². The molecule has 0 radical (unpaired) electrons. The first-order chi connectivity index (χ1) is 10.7. The highest BCUT2D eigenvalue weighted by Gasteiger charge is 2.38. The molecule has 3 atom stereocenters. The van der Waals surface area contributed by atoms with Gasteiger partial charge in [0, 0.05) is 24.7 Å². The Hall–Kier alpha value is -1.79. The summed E-state index contributed by atoms with van der Waals surface area (Å²) in [5, 5.41) is 3.64. The molecule has 114 valence electrons. The summed E-state index contributed by atoms with van der Waals surface area (Å²) in [7, 11) is 0. The van der Waals surface area contributed by atoms with Crippen molar-refractivity contribution < 1.29 is 9.18 Å². The first kappa shape index (κ1) is 13.8. The Bertz CT molecular complexity index is 717. The molecule has 2 aliphatic heterocycles. The van der Waals surface area contributed by atoms with Crippen molar-refractivity contribution in [2.75, 3.05) is 19.6 Å². The van der Waals surface area contributed by atoms with Crippen LogP contribution in [0.25, 0.3) is 10.6 Å². The molecule has 1 N–H and O–H groups in total. The van der Waals surface area contributed by atoms with Crippen molar-refractivity contribution in [1.29, 1.82) is 0 Å². The molecular formula is C16H16FN3OS. The third-order valence-electron chi connectivity index (χ3n) is 4.48. The Morgan fingerprint density at radius 1 is 1.36 bits per heavy atom. The van der Waals surface area contributed by atoms with E-state index < -0.39 is 0 Å². The van der Waals surface area contributed by atoms with Crippen LogP contribution in [-0.2, 0) is 0 Å². The molecule has 0 saturated carbocycles. The van der Waals surface area contributed by atoms with Crippen molar-refractivity contribution in [2.45, 2.75) is 12.5 Å². The van der Waals surface area contributed by atoms with Crippen molar-refractivity contribution in [1.82, 2.24) is 15.2 Å². The fourth-order valence-corrected chi connectivity index (χ4v) is 4.17. The zero-order valence-corrected chi connectivity index (χ0v) is 12.8. The highest BCUT2D eigenvalue weighted by atomic mass is 32.1. The van der Waals surface area contributed by atoms with E-state index in [0.29, 0.717) is 21.4 Å². The Labute approximate surface area is 132 Å². The van der Waals surface area contributed by atoms with E-state index in [2.05, 4.69) is 15.2 Å². The number of amides is 1. The smallest absolute Gasteiger partial charge is 0.263 e. The van der Waals surface area contributed by atoms with Crippen molar-refractivity contribution in [3.63, 3.8) is 0 Å². The second kappa shape index (κ2) is 5.44. The van der Waals surface area contributed by atoms with Crippen LogP contribution in [0.3, 0.4) is 0 Å². The summed E-state index contributed by atoms with van der Waals surface area (Å²) in [4.78, 5) is 19.5. The van der Waals surface area contributed by atoms with Gasteiger partial charge in [-0.1, -0.05) is 12.1 Å². The number of hydrogen-bond donors (Lipinski definition) is 1. The Morgan fingerprint density at radius 3 is 2.95 bits per heavy atom. The highest BCUT2D eigenvalue weighted by Crippen LogP contribution is 2.30. The number of benzene rings is 1. The fourth-order valence-electron chi connectivity index (χ4n) is 3.33. The van der Waals surface area contributed by atoms with Gasteiger partial charge in [-0.25, -0.2) is 9.37 Å². The van der Waals surface area contributed by atoms with Gasteiger partial charge in [0.2, 0.25) is 0 Å². The van der Waals surface area contributed by atoms with Crippen LogP contribution in [0.5, 0.6) is 0 Å². The van der Waals surface area contributed by atoms with Gasteiger partial charge in [-0.05, 0) is 31.0 Å². The number of aromatic nitrogens is 1. The van der Waals surface area contributed by atoms with E-state index in [9.17, 15) is 9.18 Å². The molecule has 2 aromatic rings. The molecule has 22 heavy (non-hydrogen) atoms. The number of carbonyl (C=O) groups is 1. The van der Waals surface area contributed by atoms with E-state index in [1.165, 1.54) is 23.6 Å². The van der Waals surface area contributed by atoms with Crippen molar-refractivity contribution in [3.05, 3.63) is 41.2 Å². The monoisotopic (exact) mass is 317 g/mol. The molecule has 4 nitrogen and oxygen atoms in total. The minimum Gasteiger partial charge on any atom is -0.347 e. The van der Waals surface area contributed by atoms with E-state index in [1.807, 2.05) is 0 Å². The Kier molecular flexibility index (Phi) is 3.43. The molecule has 0 spiro atoms. The highest BCUT2D eigenvalue weighted by molar-refractivity contribution is 7.16. The number of thiazole rings is 1. The van der Waals surface area contributed by atoms with Gasteiger partial charge in [-0.2, -0.15) is 0 Å². The molecule has 3 heterocycles. The van der Waals surface area contributed by atoms with Crippen LogP contribution in [0.1, 0.15) is 16.1 Å². The molecule has 2 bridgehead atoms. The van der Waals surface area contributed by atoms with Gasteiger partial charge < -0.3 is 10.2 Å². The normalized spacial score (nSPS) is 26.3. The van der Waals surface area contributed by atoms with Crippen LogP contribution in [0, 0.1) is 11.7 Å². The molecule has 2 aliphatic rings. The lowest BCUT2D eigenvalue weighted by Gasteiger charge is -2.22. The molecule has 4 rings (SSSR count). The number of nitrogens with zero attached hydrogens (tertiary/aromatic N) is 2. The quantitative estimate of drug-likeness (QED) is 0.945. The van der Waals surface area contributed by atoms with Gasteiger partial charge in [0.25, 0.3) is 5.91 Å². The van der Waals surface area contributed by atoms with Crippen molar-refractivity contribution >= 4 is 17.2 Å². The summed E-state index contributed by atoms with van der Waals surface area (Å²) >= 11 is 1.23. The molecule has 2 saturated heterocycles. The summed E-state index contributed by atoms with van der Waals surface area (Å²) in [6.07, 6.45) is 2.70. The van der Waals surface area contributed by atoms with Crippen LogP contribution in [-0.4, -0.2) is 41.5 Å². The van der Waals surface area contributed by atoms with Gasteiger partial charge in [-0.3, -0.25) is 4.79 Å². The van der Waals surface area contributed by atoms with Gasteiger partial charge in [0.05, 0.1) is 6.20 Å². The Morgan fingerprint density at radius 2 is 2.23 bits per heavy atom. The number of carbonyl (C=O) groups excluding carboxylic acids is 1. The van der Waals surface area contributed by atoms with E-state index in [4.69, 9.17) is 0 Å². The summed E-state index contributed by atoms with van der Waals surface area (Å²) in [6, 6.07) is 6.73. The fraction of sp³-hybridized carbons (Fsp3) is 0.375. The summed E-state index contributed by atoms with van der Waals surface area (Å²) in [5.41, 5.74) is 0.442. The number of fused-ring (bicyclic) bond motifs is 2. The molecular weight excluding hydrogens is 301 g/mol. The number of hydrogen-bond acceptors (Lipinski definition) is 4. The van der Waals surface area contributed by atoms with E-state index in [0.717, 1.165) is 26.1 Å². The second-order valence-electron chi connectivity index (χ2n) is 5.90. The topological polar surface area (TPSA) is 45.2 Å². The van der Waals surface area contributed by atoms with Gasteiger partial charge >= 0.3 is 0 Å². The standard InChI is InChI=1S/C16H16FN3OS/c17-12-4-2-1-3-11(12)16-18-7-14(22-16)15(21)19-13-9-20-6-5-10(13)8-20/h1-4,7,10,13H,5-6,8-9H2,(H,19,21)/t10-,13?/m0/s1. The van der Waals surface area contributed by atoms with Crippen LogP contribution >= 0.6 is 11.3 Å². The summed E-state index contributed by atoms with van der Waals surface area (Å²) in [5.74, 6) is 0.159. The lowest BCUT2D eigenvalue weighted by molar-refractivity contribution is 0.0928. The maximum atomic E-state index is 13.8. The molecule has 2 fully saturated rings. The zero-order valence-electron chi connectivity index (χ0n) is 12.0. The van der Waals surface area contributed by atoms with E-state index >= 15 is 0 Å².